The lowest BCUT2D eigenvalue weighted by atomic mass is 10.1. The molecule has 4 nitrogen and oxygen atoms in total. The lowest BCUT2D eigenvalue weighted by molar-refractivity contribution is -0.133. The second-order valence-corrected chi connectivity index (χ2v) is 6.20. The Labute approximate surface area is 137 Å². The van der Waals surface area contributed by atoms with Crippen molar-refractivity contribution in [3.63, 3.8) is 0 Å². The Kier molecular flexibility index (Phi) is 4.60. The maximum atomic E-state index is 12.7. The van der Waals surface area contributed by atoms with Gasteiger partial charge in [0.05, 0.1) is 0 Å². The molecule has 0 aliphatic carbocycles. The smallest absolute Gasteiger partial charge is 0.223 e. The highest BCUT2D eigenvalue weighted by atomic mass is 16.2. The molecule has 0 saturated carbocycles. The molecule has 0 saturated heterocycles. The number of hydrogen-bond acceptors (Lipinski definition) is 3. The lowest BCUT2D eigenvalue weighted by Gasteiger charge is -2.28. The summed E-state index contributed by atoms with van der Waals surface area (Å²) in [6, 6.07) is 14.4. The van der Waals surface area contributed by atoms with Crippen molar-refractivity contribution in [3.8, 4) is 0 Å². The molecule has 1 aliphatic heterocycles. The number of pyridine rings is 1. The first kappa shape index (κ1) is 15.5. The number of aryl methyl sites for hydroxylation is 1. The van der Waals surface area contributed by atoms with Gasteiger partial charge in [0.15, 0.2) is 0 Å². The summed E-state index contributed by atoms with van der Waals surface area (Å²) in [5.74, 6) is 0.202. The maximum Gasteiger partial charge on any atom is 0.223 e. The average Bonchev–Trinajstić information content (AvgIpc) is 2.70. The Hall–Kier alpha value is -2.36. The van der Waals surface area contributed by atoms with Crippen LogP contribution in [0.4, 0.5) is 5.69 Å². The van der Waals surface area contributed by atoms with E-state index in [1.807, 2.05) is 29.2 Å². The third-order valence-electron chi connectivity index (χ3n) is 4.46. The molecule has 1 aromatic carbocycles. The van der Waals surface area contributed by atoms with E-state index in [9.17, 15) is 4.79 Å². The van der Waals surface area contributed by atoms with Crippen LogP contribution in [0.25, 0.3) is 0 Å². The normalized spacial score (nSPS) is 17.6. The number of para-hydroxylation sites is 1. The number of likely N-dealkylation sites (N-methyl/N-ethyl adjacent to an activating group) is 1. The highest BCUT2D eigenvalue weighted by Crippen LogP contribution is 2.26. The summed E-state index contributed by atoms with van der Waals surface area (Å²) in [5.41, 5.74) is 3.41. The first-order valence-corrected chi connectivity index (χ1v) is 8.13. The number of rotatable bonds is 3. The van der Waals surface area contributed by atoms with Gasteiger partial charge in [-0.15, -0.1) is 0 Å². The van der Waals surface area contributed by atoms with Crippen molar-refractivity contribution >= 4 is 11.6 Å². The second kappa shape index (κ2) is 6.82. The second-order valence-electron chi connectivity index (χ2n) is 6.20. The zero-order valence-electron chi connectivity index (χ0n) is 13.8. The molecule has 0 N–H and O–H groups in total. The topological polar surface area (TPSA) is 36.4 Å². The Morgan fingerprint density at radius 2 is 2.00 bits per heavy atom. The molecular formula is C19H23N3O. The number of anilines is 1. The van der Waals surface area contributed by atoms with Gasteiger partial charge in [-0.1, -0.05) is 24.3 Å². The Morgan fingerprint density at radius 3 is 2.78 bits per heavy atom. The summed E-state index contributed by atoms with van der Waals surface area (Å²) in [5, 5.41) is 0. The molecule has 1 atom stereocenters. The zero-order chi connectivity index (χ0) is 16.2. The minimum atomic E-state index is 0.198. The van der Waals surface area contributed by atoms with Crippen LogP contribution in [0.3, 0.4) is 0 Å². The van der Waals surface area contributed by atoms with Crippen LogP contribution >= 0.6 is 0 Å². The van der Waals surface area contributed by atoms with Gasteiger partial charge in [-0.2, -0.15) is 0 Å². The van der Waals surface area contributed by atoms with Crippen LogP contribution < -0.4 is 4.90 Å². The van der Waals surface area contributed by atoms with Gasteiger partial charge in [-0.25, -0.2) is 0 Å². The van der Waals surface area contributed by atoms with Crippen molar-refractivity contribution < 1.29 is 4.79 Å². The molecule has 3 rings (SSSR count). The minimum Gasteiger partial charge on any atom is -0.372 e. The molecule has 4 heteroatoms. The largest absolute Gasteiger partial charge is 0.372 e. The van der Waals surface area contributed by atoms with Gasteiger partial charge >= 0.3 is 0 Å². The van der Waals surface area contributed by atoms with Crippen molar-refractivity contribution in [1.29, 1.82) is 0 Å². The number of carbonyl (C=O) groups is 1. The number of aromatic nitrogens is 1. The Morgan fingerprint density at radius 1 is 1.22 bits per heavy atom. The molecule has 0 bridgehead atoms. The molecule has 1 aliphatic rings. The van der Waals surface area contributed by atoms with Crippen molar-refractivity contribution in [2.45, 2.75) is 32.4 Å². The van der Waals surface area contributed by atoms with Crippen molar-refractivity contribution in [3.05, 3.63) is 59.9 Å². The standard InChI is InChI=1S/C19H23N3O/c1-15-13-21(2)18-9-4-3-7-16(18)14-22(15)19(23)11-10-17-8-5-6-12-20-17/h3-9,12,15H,10-11,13-14H2,1-2H3/t15-/m1/s1. The molecule has 1 amide bonds. The van der Waals surface area contributed by atoms with Gasteiger partial charge in [0.1, 0.15) is 0 Å². The van der Waals surface area contributed by atoms with E-state index in [2.05, 4.69) is 42.1 Å². The third kappa shape index (κ3) is 3.52. The molecule has 0 fully saturated rings. The van der Waals surface area contributed by atoms with Crippen molar-refractivity contribution in [2.24, 2.45) is 0 Å². The van der Waals surface area contributed by atoms with Crippen LogP contribution in [0.15, 0.2) is 48.7 Å². The molecule has 1 aromatic heterocycles. The van der Waals surface area contributed by atoms with Crippen LogP contribution in [-0.2, 0) is 17.8 Å². The van der Waals surface area contributed by atoms with E-state index in [4.69, 9.17) is 0 Å². The molecule has 120 valence electrons. The molecular weight excluding hydrogens is 286 g/mol. The fraction of sp³-hybridized carbons (Fsp3) is 0.368. The van der Waals surface area contributed by atoms with E-state index < -0.39 is 0 Å². The molecule has 0 spiro atoms. The summed E-state index contributed by atoms with van der Waals surface area (Å²) in [6.45, 7) is 3.66. The van der Waals surface area contributed by atoms with Gasteiger partial charge in [-0.3, -0.25) is 9.78 Å². The predicted molar refractivity (Wildman–Crippen MR) is 92.3 cm³/mol. The van der Waals surface area contributed by atoms with Gasteiger partial charge in [0.25, 0.3) is 0 Å². The van der Waals surface area contributed by atoms with Crippen LogP contribution in [0, 0.1) is 0 Å². The SMILES string of the molecule is C[C@@H]1CN(C)c2ccccc2CN1C(=O)CCc1ccccn1. The number of nitrogens with zero attached hydrogens (tertiary/aromatic N) is 3. The quantitative estimate of drug-likeness (QED) is 0.875. The predicted octanol–water partition coefficient (Wildman–Crippen LogP) is 2.88. The van der Waals surface area contributed by atoms with Crippen LogP contribution in [0.1, 0.15) is 24.6 Å². The van der Waals surface area contributed by atoms with Gasteiger partial charge in [0, 0.05) is 50.2 Å². The van der Waals surface area contributed by atoms with Gasteiger partial charge in [0.2, 0.25) is 5.91 Å². The summed E-state index contributed by atoms with van der Waals surface area (Å²) in [7, 11) is 2.09. The van der Waals surface area contributed by atoms with E-state index in [0.717, 1.165) is 12.2 Å². The summed E-state index contributed by atoms with van der Waals surface area (Å²) in [4.78, 5) is 21.3. The molecule has 0 radical (unpaired) electrons. The van der Waals surface area contributed by atoms with E-state index in [1.54, 1.807) is 6.20 Å². The van der Waals surface area contributed by atoms with E-state index in [1.165, 1.54) is 11.3 Å². The lowest BCUT2D eigenvalue weighted by Crippen LogP contribution is -2.42. The minimum absolute atomic E-state index is 0.198. The highest BCUT2D eigenvalue weighted by Gasteiger charge is 2.26. The molecule has 2 heterocycles. The number of benzene rings is 1. The molecule has 0 unspecified atom stereocenters. The maximum absolute atomic E-state index is 12.7. The Balaban J connectivity index is 1.72. The monoisotopic (exact) mass is 309 g/mol. The summed E-state index contributed by atoms with van der Waals surface area (Å²) in [6.07, 6.45) is 2.98. The molecule has 2 aromatic rings. The summed E-state index contributed by atoms with van der Waals surface area (Å²) >= 11 is 0. The fourth-order valence-electron chi connectivity index (χ4n) is 3.21. The van der Waals surface area contributed by atoms with E-state index in [0.29, 0.717) is 19.4 Å². The van der Waals surface area contributed by atoms with E-state index in [-0.39, 0.29) is 11.9 Å². The van der Waals surface area contributed by atoms with Crippen molar-refractivity contribution in [2.75, 3.05) is 18.5 Å². The zero-order valence-corrected chi connectivity index (χ0v) is 13.8. The first-order valence-electron chi connectivity index (χ1n) is 8.13. The van der Waals surface area contributed by atoms with Gasteiger partial charge < -0.3 is 9.80 Å². The van der Waals surface area contributed by atoms with Crippen LogP contribution in [0.2, 0.25) is 0 Å². The van der Waals surface area contributed by atoms with E-state index >= 15 is 0 Å². The first-order chi connectivity index (χ1) is 11.1. The van der Waals surface area contributed by atoms with Crippen LogP contribution in [-0.4, -0.2) is 35.4 Å². The number of amides is 1. The average molecular weight is 309 g/mol. The van der Waals surface area contributed by atoms with Gasteiger partial charge in [-0.05, 0) is 37.1 Å². The number of hydrogen-bond donors (Lipinski definition) is 0. The van der Waals surface area contributed by atoms with Crippen molar-refractivity contribution in [1.82, 2.24) is 9.88 Å². The van der Waals surface area contributed by atoms with Crippen LogP contribution in [0.5, 0.6) is 0 Å². The number of carbonyl (C=O) groups excluding carboxylic acids is 1. The number of fused-ring (bicyclic) bond motifs is 1. The summed E-state index contributed by atoms with van der Waals surface area (Å²) < 4.78 is 0. The highest BCUT2D eigenvalue weighted by molar-refractivity contribution is 5.77. The fourth-order valence-corrected chi connectivity index (χ4v) is 3.21. The Bertz CT molecular complexity index is 671. The molecule has 23 heavy (non-hydrogen) atoms. The third-order valence-corrected chi connectivity index (χ3v) is 4.46.